The van der Waals surface area contributed by atoms with Crippen LogP contribution in [0.1, 0.15) is 6.42 Å². The summed E-state index contributed by atoms with van der Waals surface area (Å²) < 4.78 is 29.2. The Labute approximate surface area is 143 Å². The zero-order valence-electron chi connectivity index (χ0n) is 12.3. The van der Waals surface area contributed by atoms with Gasteiger partial charge in [0.1, 0.15) is 5.75 Å². The lowest BCUT2D eigenvalue weighted by molar-refractivity contribution is -0.123. The Morgan fingerprint density at radius 1 is 1.22 bits per heavy atom. The first kappa shape index (κ1) is 16.3. The molecule has 5 nitrogen and oxygen atoms in total. The minimum Gasteiger partial charge on any atom is -0.484 e. The van der Waals surface area contributed by atoms with Crippen molar-refractivity contribution in [2.45, 2.75) is 12.5 Å². The Hall–Kier alpha value is -1.60. The van der Waals surface area contributed by atoms with Crippen LogP contribution in [0.5, 0.6) is 5.75 Å². The second-order valence-corrected chi connectivity index (χ2v) is 8.75. The lowest BCUT2D eigenvalue weighted by Crippen LogP contribution is -2.38. The maximum absolute atomic E-state index is 11.9. The summed E-state index contributed by atoms with van der Waals surface area (Å²) in [6.07, 6.45) is 0.471. The van der Waals surface area contributed by atoms with E-state index in [1.165, 1.54) is 0 Å². The third kappa shape index (κ3) is 4.23. The molecule has 1 atom stereocenters. The van der Waals surface area contributed by atoms with E-state index < -0.39 is 9.84 Å². The minimum atomic E-state index is -3.00. The van der Waals surface area contributed by atoms with Gasteiger partial charge in [0.2, 0.25) is 0 Å². The molecular formula is C16H16BrNO4S. The van der Waals surface area contributed by atoms with Gasteiger partial charge >= 0.3 is 0 Å². The highest BCUT2D eigenvalue weighted by molar-refractivity contribution is 9.10. The standard InChI is InChI=1S/C16H16BrNO4S/c17-13-3-1-12-8-15(4-2-11(12)7-13)22-9-16(19)18-14-5-6-23(20,21)10-14/h1-4,7-8,14H,5-6,9-10H2,(H,18,19). The summed E-state index contributed by atoms with van der Waals surface area (Å²) in [6, 6.07) is 11.2. The summed E-state index contributed by atoms with van der Waals surface area (Å²) in [7, 11) is -3.00. The number of ether oxygens (including phenoxy) is 1. The molecular weight excluding hydrogens is 382 g/mol. The lowest BCUT2D eigenvalue weighted by atomic mass is 10.1. The van der Waals surface area contributed by atoms with Crippen LogP contribution in [-0.4, -0.2) is 38.5 Å². The van der Waals surface area contributed by atoms with Crippen molar-refractivity contribution in [2.75, 3.05) is 18.1 Å². The third-order valence-corrected chi connectivity index (χ3v) is 6.00. The number of sulfone groups is 1. The number of hydrogen-bond acceptors (Lipinski definition) is 4. The molecule has 0 aliphatic carbocycles. The van der Waals surface area contributed by atoms with E-state index in [9.17, 15) is 13.2 Å². The molecule has 1 aliphatic heterocycles. The number of rotatable bonds is 4. The predicted molar refractivity (Wildman–Crippen MR) is 92.3 cm³/mol. The highest BCUT2D eigenvalue weighted by Gasteiger charge is 2.28. The van der Waals surface area contributed by atoms with Gasteiger partial charge in [-0.05, 0) is 41.5 Å². The molecule has 122 valence electrons. The van der Waals surface area contributed by atoms with Crippen molar-refractivity contribution in [1.82, 2.24) is 5.32 Å². The Bertz CT molecular complexity index is 850. The minimum absolute atomic E-state index is 0.0175. The fraction of sp³-hybridized carbons (Fsp3) is 0.312. The molecule has 0 bridgehead atoms. The zero-order valence-corrected chi connectivity index (χ0v) is 14.7. The number of carbonyl (C=O) groups excluding carboxylic acids is 1. The SMILES string of the molecule is O=C(COc1ccc2cc(Br)ccc2c1)NC1CCS(=O)(=O)C1. The summed E-state index contributed by atoms with van der Waals surface area (Å²) in [4.78, 5) is 11.9. The van der Waals surface area contributed by atoms with E-state index in [2.05, 4.69) is 21.2 Å². The number of nitrogens with one attached hydrogen (secondary N) is 1. The first-order chi connectivity index (χ1) is 10.9. The van der Waals surface area contributed by atoms with E-state index in [-0.39, 0.29) is 30.1 Å². The van der Waals surface area contributed by atoms with Crippen LogP contribution in [0.2, 0.25) is 0 Å². The molecule has 1 aliphatic rings. The van der Waals surface area contributed by atoms with E-state index in [0.29, 0.717) is 12.2 Å². The summed E-state index contributed by atoms with van der Waals surface area (Å²) in [5, 5.41) is 4.80. The molecule has 3 rings (SSSR count). The normalized spacial score (nSPS) is 19.6. The van der Waals surface area contributed by atoms with Gasteiger partial charge < -0.3 is 10.1 Å². The van der Waals surface area contributed by atoms with Crippen LogP contribution in [-0.2, 0) is 14.6 Å². The van der Waals surface area contributed by atoms with Gasteiger partial charge in [0, 0.05) is 10.5 Å². The van der Waals surface area contributed by atoms with Gasteiger partial charge in [0.25, 0.3) is 5.91 Å². The Morgan fingerprint density at radius 3 is 2.70 bits per heavy atom. The van der Waals surface area contributed by atoms with Crippen LogP contribution in [0.4, 0.5) is 0 Å². The van der Waals surface area contributed by atoms with Crippen LogP contribution in [0.3, 0.4) is 0 Å². The zero-order chi connectivity index (χ0) is 16.4. The largest absolute Gasteiger partial charge is 0.484 e. The van der Waals surface area contributed by atoms with Crippen molar-refractivity contribution >= 4 is 42.4 Å². The average molecular weight is 398 g/mol. The number of benzene rings is 2. The second kappa shape index (κ2) is 6.49. The van der Waals surface area contributed by atoms with Crippen LogP contribution in [0.15, 0.2) is 40.9 Å². The molecule has 0 spiro atoms. The summed E-state index contributed by atoms with van der Waals surface area (Å²) in [6.45, 7) is -0.126. The quantitative estimate of drug-likeness (QED) is 0.858. The van der Waals surface area contributed by atoms with E-state index in [1.807, 2.05) is 36.4 Å². The Kier molecular flexibility index (Phi) is 4.59. The van der Waals surface area contributed by atoms with Gasteiger partial charge in [-0.25, -0.2) is 8.42 Å². The second-order valence-electron chi connectivity index (χ2n) is 5.61. The van der Waals surface area contributed by atoms with Crippen molar-refractivity contribution < 1.29 is 17.9 Å². The summed E-state index contributed by atoms with van der Waals surface area (Å²) in [5.41, 5.74) is 0. The molecule has 2 aromatic rings. The smallest absolute Gasteiger partial charge is 0.258 e. The number of amides is 1. The number of carbonyl (C=O) groups is 1. The van der Waals surface area contributed by atoms with Crippen molar-refractivity contribution in [3.63, 3.8) is 0 Å². The number of fused-ring (bicyclic) bond motifs is 1. The van der Waals surface area contributed by atoms with Crippen LogP contribution < -0.4 is 10.1 Å². The molecule has 1 N–H and O–H groups in total. The maximum Gasteiger partial charge on any atom is 0.258 e. The van der Waals surface area contributed by atoms with Gasteiger partial charge in [0.15, 0.2) is 16.4 Å². The van der Waals surface area contributed by atoms with Crippen LogP contribution >= 0.6 is 15.9 Å². The molecule has 0 radical (unpaired) electrons. The van der Waals surface area contributed by atoms with Gasteiger partial charge in [-0.1, -0.05) is 28.1 Å². The first-order valence-corrected chi connectivity index (χ1v) is 9.85. The van der Waals surface area contributed by atoms with Crippen molar-refractivity contribution in [3.8, 4) is 5.75 Å². The third-order valence-electron chi connectivity index (χ3n) is 3.74. The molecule has 1 saturated heterocycles. The van der Waals surface area contributed by atoms with Gasteiger partial charge in [-0.15, -0.1) is 0 Å². The molecule has 1 fully saturated rings. The topological polar surface area (TPSA) is 72.5 Å². The first-order valence-electron chi connectivity index (χ1n) is 7.23. The van der Waals surface area contributed by atoms with Crippen molar-refractivity contribution in [2.24, 2.45) is 0 Å². The molecule has 0 saturated carbocycles. The van der Waals surface area contributed by atoms with Crippen LogP contribution in [0.25, 0.3) is 10.8 Å². The fourth-order valence-corrected chi connectivity index (χ4v) is 4.66. The van der Waals surface area contributed by atoms with Gasteiger partial charge in [-0.3, -0.25) is 4.79 Å². The fourth-order valence-electron chi connectivity index (χ4n) is 2.61. The van der Waals surface area contributed by atoms with E-state index in [1.54, 1.807) is 0 Å². The highest BCUT2D eigenvalue weighted by atomic mass is 79.9. The molecule has 2 aromatic carbocycles. The van der Waals surface area contributed by atoms with E-state index in [4.69, 9.17) is 4.74 Å². The predicted octanol–water partition coefficient (Wildman–Crippen LogP) is 2.28. The molecule has 1 unspecified atom stereocenters. The molecule has 23 heavy (non-hydrogen) atoms. The van der Waals surface area contributed by atoms with Gasteiger partial charge in [-0.2, -0.15) is 0 Å². The summed E-state index contributed by atoms with van der Waals surface area (Å²) in [5.74, 6) is 0.458. The Balaban J connectivity index is 1.57. The molecule has 0 aromatic heterocycles. The molecule has 1 amide bonds. The van der Waals surface area contributed by atoms with Crippen molar-refractivity contribution in [1.29, 1.82) is 0 Å². The average Bonchev–Trinajstić information content (AvgIpc) is 2.84. The van der Waals surface area contributed by atoms with Crippen LogP contribution in [0, 0.1) is 0 Å². The monoisotopic (exact) mass is 397 g/mol. The number of halogens is 1. The summed E-state index contributed by atoms with van der Waals surface area (Å²) >= 11 is 3.42. The highest BCUT2D eigenvalue weighted by Crippen LogP contribution is 2.24. The van der Waals surface area contributed by atoms with Crippen molar-refractivity contribution in [3.05, 3.63) is 40.9 Å². The van der Waals surface area contributed by atoms with Gasteiger partial charge in [0.05, 0.1) is 11.5 Å². The lowest BCUT2D eigenvalue weighted by Gasteiger charge is -2.12. The maximum atomic E-state index is 11.9. The Morgan fingerprint density at radius 2 is 1.96 bits per heavy atom. The molecule has 7 heteroatoms. The number of hydrogen-bond donors (Lipinski definition) is 1. The van der Waals surface area contributed by atoms with E-state index in [0.717, 1.165) is 15.2 Å². The van der Waals surface area contributed by atoms with E-state index >= 15 is 0 Å². The molecule has 1 heterocycles.